The van der Waals surface area contributed by atoms with Crippen LogP contribution in [0.1, 0.15) is 0 Å². The Labute approximate surface area is 82.0 Å². The van der Waals surface area contributed by atoms with Gasteiger partial charge in [0.05, 0.1) is 12.8 Å². The minimum atomic E-state index is -3.53. The van der Waals surface area contributed by atoms with E-state index in [-0.39, 0.29) is 6.54 Å². The summed E-state index contributed by atoms with van der Waals surface area (Å²) in [5.41, 5.74) is 0. The van der Waals surface area contributed by atoms with Gasteiger partial charge >= 0.3 is 0 Å². The molecule has 0 aliphatic heterocycles. The molecule has 0 saturated heterocycles. The standard InChI is InChI=1S/C6H12N4O3S/c1-13-5-4-8-14(11,12)10-6-2-3-7-9-6/h2-3,8H,4-5H2,1H3,(H2,7,9,10). The molecule has 1 heterocycles. The number of anilines is 1. The highest BCUT2D eigenvalue weighted by Crippen LogP contribution is 2.00. The van der Waals surface area contributed by atoms with E-state index < -0.39 is 10.2 Å². The van der Waals surface area contributed by atoms with Crippen LogP contribution in [-0.4, -0.2) is 38.9 Å². The van der Waals surface area contributed by atoms with Gasteiger partial charge in [0.15, 0.2) is 0 Å². The van der Waals surface area contributed by atoms with Gasteiger partial charge in [-0.2, -0.15) is 18.2 Å². The van der Waals surface area contributed by atoms with Crippen LogP contribution in [0.4, 0.5) is 5.82 Å². The van der Waals surface area contributed by atoms with E-state index in [1.807, 2.05) is 0 Å². The molecule has 0 saturated carbocycles. The number of hydrogen-bond acceptors (Lipinski definition) is 4. The summed E-state index contributed by atoms with van der Waals surface area (Å²) in [6, 6.07) is 1.51. The van der Waals surface area contributed by atoms with E-state index in [9.17, 15) is 8.42 Å². The van der Waals surface area contributed by atoms with Gasteiger partial charge in [-0.1, -0.05) is 0 Å². The zero-order valence-corrected chi connectivity index (χ0v) is 8.47. The third kappa shape index (κ3) is 3.73. The average Bonchev–Trinajstić information content (AvgIpc) is 2.56. The van der Waals surface area contributed by atoms with E-state index in [4.69, 9.17) is 4.74 Å². The maximum absolute atomic E-state index is 11.2. The normalized spacial score (nSPS) is 11.5. The first-order valence-corrected chi connectivity index (χ1v) is 5.38. The molecule has 0 aliphatic carbocycles. The molecule has 1 rings (SSSR count). The molecule has 0 radical (unpaired) electrons. The van der Waals surface area contributed by atoms with Crippen molar-refractivity contribution in [2.45, 2.75) is 0 Å². The molecule has 0 aliphatic rings. The first-order valence-electron chi connectivity index (χ1n) is 3.90. The lowest BCUT2D eigenvalue weighted by Gasteiger charge is -2.06. The van der Waals surface area contributed by atoms with Crippen LogP contribution in [0, 0.1) is 0 Å². The molecular formula is C6H12N4O3S. The summed E-state index contributed by atoms with van der Waals surface area (Å²) in [6.07, 6.45) is 1.45. The topological polar surface area (TPSA) is 96.1 Å². The number of nitrogens with one attached hydrogen (secondary N) is 3. The largest absolute Gasteiger partial charge is 0.383 e. The van der Waals surface area contributed by atoms with Crippen molar-refractivity contribution in [3.8, 4) is 0 Å². The van der Waals surface area contributed by atoms with Gasteiger partial charge in [-0.05, 0) is 0 Å². The van der Waals surface area contributed by atoms with Crippen molar-refractivity contribution in [3.63, 3.8) is 0 Å². The van der Waals surface area contributed by atoms with Gasteiger partial charge in [0.25, 0.3) is 10.2 Å². The van der Waals surface area contributed by atoms with Gasteiger partial charge < -0.3 is 4.74 Å². The maximum atomic E-state index is 11.2. The van der Waals surface area contributed by atoms with E-state index in [1.165, 1.54) is 19.4 Å². The monoisotopic (exact) mass is 220 g/mol. The summed E-state index contributed by atoms with van der Waals surface area (Å²) in [4.78, 5) is 0. The van der Waals surface area contributed by atoms with Gasteiger partial charge in [-0.3, -0.25) is 9.82 Å². The third-order valence-electron chi connectivity index (χ3n) is 1.34. The van der Waals surface area contributed by atoms with Crippen LogP contribution >= 0.6 is 0 Å². The molecular weight excluding hydrogens is 208 g/mol. The Morgan fingerprint density at radius 1 is 1.64 bits per heavy atom. The first-order chi connectivity index (χ1) is 6.64. The summed E-state index contributed by atoms with van der Waals surface area (Å²) in [5.74, 6) is 0.315. The minimum absolute atomic E-state index is 0.222. The summed E-state index contributed by atoms with van der Waals surface area (Å²) in [6.45, 7) is 0.545. The summed E-state index contributed by atoms with van der Waals surface area (Å²) in [7, 11) is -2.03. The molecule has 14 heavy (non-hydrogen) atoms. The Morgan fingerprint density at radius 2 is 2.43 bits per heavy atom. The Morgan fingerprint density at radius 3 is 3.00 bits per heavy atom. The number of aromatic nitrogens is 2. The van der Waals surface area contributed by atoms with Crippen LogP contribution < -0.4 is 9.44 Å². The molecule has 7 nitrogen and oxygen atoms in total. The number of aromatic amines is 1. The highest BCUT2D eigenvalue weighted by atomic mass is 32.2. The summed E-state index contributed by atoms with van der Waals surface area (Å²) in [5, 5.41) is 6.07. The van der Waals surface area contributed by atoms with Crippen molar-refractivity contribution in [2.24, 2.45) is 0 Å². The maximum Gasteiger partial charge on any atom is 0.300 e. The van der Waals surface area contributed by atoms with Crippen molar-refractivity contribution in [3.05, 3.63) is 12.3 Å². The smallest absolute Gasteiger partial charge is 0.300 e. The van der Waals surface area contributed by atoms with E-state index in [0.29, 0.717) is 12.4 Å². The van der Waals surface area contributed by atoms with Gasteiger partial charge in [0.1, 0.15) is 5.82 Å². The molecule has 0 aromatic carbocycles. The molecule has 0 bridgehead atoms. The van der Waals surface area contributed by atoms with Crippen LogP contribution in [0.2, 0.25) is 0 Å². The molecule has 1 aromatic heterocycles. The number of H-pyrrole nitrogens is 1. The number of ether oxygens (including phenoxy) is 1. The van der Waals surface area contributed by atoms with Gasteiger partial charge in [-0.15, -0.1) is 0 Å². The molecule has 0 spiro atoms. The van der Waals surface area contributed by atoms with E-state index >= 15 is 0 Å². The number of hydrogen-bond donors (Lipinski definition) is 3. The van der Waals surface area contributed by atoms with Crippen molar-refractivity contribution in [2.75, 3.05) is 25.0 Å². The van der Waals surface area contributed by atoms with Crippen molar-refractivity contribution < 1.29 is 13.2 Å². The average molecular weight is 220 g/mol. The van der Waals surface area contributed by atoms with Crippen LogP contribution in [-0.2, 0) is 14.9 Å². The van der Waals surface area contributed by atoms with E-state index in [0.717, 1.165) is 0 Å². The Bertz CT molecular complexity index is 347. The number of nitrogens with zero attached hydrogens (tertiary/aromatic N) is 1. The summed E-state index contributed by atoms with van der Waals surface area (Å²) >= 11 is 0. The molecule has 80 valence electrons. The van der Waals surface area contributed by atoms with Crippen LogP contribution in [0.3, 0.4) is 0 Å². The first kappa shape index (κ1) is 11.0. The Kier molecular flexibility index (Phi) is 3.86. The lowest BCUT2D eigenvalue weighted by molar-refractivity contribution is 0.204. The van der Waals surface area contributed by atoms with Crippen LogP contribution in [0.15, 0.2) is 12.3 Å². The fraction of sp³-hybridized carbons (Fsp3) is 0.500. The van der Waals surface area contributed by atoms with Crippen LogP contribution in [0.25, 0.3) is 0 Å². The quantitative estimate of drug-likeness (QED) is 0.552. The third-order valence-corrected chi connectivity index (χ3v) is 2.42. The van der Waals surface area contributed by atoms with Gasteiger partial charge in [0.2, 0.25) is 0 Å². The molecule has 3 N–H and O–H groups in total. The lowest BCUT2D eigenvalue weighted by Crippen LogP contribution is -2.32. The van der Waals surface area contributed by atoms with Crippen molar-refractivity contribution in [1.82, 2.24) is 14.9 Å². The predicted molar refractivity (Wildman–Crippen MR) is 51.0 cm³/mol. The fourth-order valence-corrected chi connectivity index (χ4v) is 1.60. The molecule has 1 aromatic rings. The number of methoxy groups -OCH3 is 1. The SMILES string of the molecule is COCCNS(=O)(=O)Nc1ccn[nH]1. The van der Waals surface area contributed by atoms with Crippen molar-refractivity contribution >= 4 is 16.0 Å². The number of rotatable bonds is 6. The highest BCUT2D eigenvalue weighted by molar-refractivity contribution is 7.90. The van der Waals surface area contributed by atoms with E-state index in [1.54, 1.807) is 0 Å². The molecule has 0 fully saturated rings. The van der Waals surface area contributed by atoms with Crippen molar-refractivity contribution in [1.29, 1.82) is 0 Å². The second-order valence-corrected chi connectivity index (χ2v) is 3.96. The minimum Gasteiger partial charge on any atom is -0.383 e. The predicted octanol–water partition coefficient (Wildman–Crippen LogP) is -0.698. The second-order valence-electron chi connectivity index (χ2n) is 2.46. The second kappa shape index (κ2) is 4.94. The Hall–Kier alpha value is -1.12. The molecule has 0 unspecified atom stereocenters. The van der Waals surface area contributed by atoms with E-state index in [2.05, 4.69) is 19.6 Å². The zero-order chi connectivity index (χ0) is 10.4. The lowest BCUT2D eigenvalue weighted by atomic mass is 10.7. The van der Waals surface area contributed by atoms with Gasteiger partial charge in [0, 0.05) is 19.7 Å². The Balaban J connectivity index is 2.42. The molecule has 0 amide bonds. The molecule has 8 heteroatoms. The molecule has 0 atom stereocenters. The fourth-order valence-electron chi connectivity index (χ4n) is 0.772. The summed E-state index contributed by atoms with van der Waals surface area (Å²) < 4.78 is 31.7. The zero-order valence-electron chi connectivity index (χ0n) is 7.65. The van der Waals surface area contributed by atoms with Gasteiger partial charge in [-0.25, -0.2) is 0 Å². The van der Waals surface area contributed by atoms with Crippen LogP contribution in [0.5, 0.6) is 0 Å². The highest BCUT2D eigenvalue weighted by Gasteiger charge is 2.08.